The van der Waals surface area contributed by atoms with E-state index in [4.69, 9.17) is 17.3 Å². The van der Waals surface area contributed by atoms with Crippen LogP contribution in [0.4, 0.5) is 0 Å². The zero-order chi connectivity index (χ0) is 13.1. The van der Waals surface area contributed by atoms with E-state index in [1.54, 1.807) is 11.3 Å². The molecule has 18 heavy (non-hydrogen) atoms. The molecule has 5 heteroatoms. The molecule has 1 aromatic rings. The van der Waals surface area contributed by atoms with Crippen molar-refractivity contribution in [2.45, 2.75) is 38.8 Å². The van der Waals surface area contributed by atoms with Gasteiger partial charge in [-0.2, -0.15) is 0 Å². The number of rotatable bonds is 4. The van der Waals surface area contributed by atoms with E-state index >= 15 is 0 Å². The molecule has 2 atom stereocenters. The van der Waals surface area contributed by atoms with Gasteiger partial charge < -0.3 is 5.73 Å². The van der Waals surface area contributed by atoms with Gasteiger partial charge in [0.05, 0.1) is 0 Å². The van der Waals surface area contributed by atoms with Crippen LogP contribution >= 0.6 is 38.9 Å². The summed E-state index contributed by atoms with van der Waals surface area (Å²) >= 11 is 11.2. The molecule has 1 aliphatic rings. The van der Waals surface area contributed by atoms with Crippen molar-refractivity contribution in [1.29, 1.82) is 0 Å². The van der Waals surface area contributed by atoms with Crippen LogP contribution in [0, 0.1) is 5.92 Å². The molecule has 1 fully saturated rings. The minimum absolute atomic E-state index is 0.531. The third-order valence-electron chi connectivity index (χ3n) is 3.85. The fourth-order valence-electron chi connectivity index (χ4n) is 2.68. The molecule has 1 saturated heterocycles. The van der Waals surface area contributed by atoms with Gasteiger partial charge in [-0.15, -0.1) is 11.3 Å². The maximum atomic E-state index is 6.09. The quantitative estimate of drug-likeness (QED) is 0.884. The molecule has 0 saturated carbocycles. The third kappa shape index (κ3) is 3.48. The molecule has 1 aromatic heterocycles. The van der Waals surface area contributed by atoms with Crippen molar-refractivity contribution in [3.63, 3.8) is 0 Å². The normalized spacial score (nSPS) is 25.6. The highest BCUT2D eigenvalue weighted by molar-refractivity contribution is 9.10. The number of hydrogen-bond donors (Lipinski definition) is 1. The monoisotopic (exact) mass is 350 g/mol. The summed E-state index contributed by atoms with van der Waals surface area (Å²) < 4.78 is 1.86. The highest BCUT2D eigenvalue weighted by Gasteiger charge is 2.26. The van der Waals surface area contributed by atoms with Crippen LogP contribution in [0.3, 0.4) is 0 Å². The van der Waals surface area contributed by atoms with Gasteiger partial charge in [0.1, 0.15) is 4.34 Å². The van der Waals surface area contributed by atoms with E-state index in [0.29, 0.717) is 6.04 Å². The average Bonchev–Trinajstić information content (AvgIpc) is 2.69. The van der Waals surface area contributed by atoms with Crippen LogP contribution < -0.4 is 5.73 Å². The lowest BCUT2D eigenvalue weighted by atomic mass is 9.89. The molecule has 0 spiro atoms. The zero-order valence-corrected chi connectivity index (χ0v) is 13.8. The van der Waals surface area contributed by atoms with Crippen molar-refractivity contribution < 1.29 is 0 Å². The second kappa shape index (κ2) is 6.71. The van der Waals surface area contributed by atoms with Crippen molar-refractivity contribution in [2.24, 2.45) is 11.7 Å². The summed E-state index contributed by atoms with van der Waals surface area (Å²) in [7, 11) is 0. The van der Waals surface area contributed by atoms with E-state index in [1.807, 2.05) is 0 Å². The van der Waals surface area contributed by atoms with Crippen LogP contribution in [0.5, 0.6) is 0 Å². The Hall–Kier alpha value is 0.390. The fraction of sp³-hybridized carbons (Fsp3) is 0.692. The largest absolute Gasteiger partial charge is 0.329 e. The summed E-state index contributed by atoms with van der Waals surface area (Å²) in [4.78, 5) is 3.83. The predicted molar refractivity (Wildman–Crippen MR) is 83.3 cm³/mol. The van der Waals surface area contributed by atoms with Crippen molar-refractivity contribution in [3.8, 4) is 0 Å². The first-order chi connectivity index (χ1) is 8.63. The molecular formula is C13H20BrClN2S. The third-order valence-corrected chi connectivity index (χ3v) is 6.31. The molecule has 2 nitrogen and oxygen atoms in total. The second-order valence-corrected chi connectivity index (χ2v) is 7.59. The number of nitrogens with two attached hydrogens (primary N) is 1. The van der Waals surface area contributed by atoms with Crippen LogP contribution in [-0.4, -0.2) is 24.0 Å². The highest BCUT2D eigenvalue weighted by atomic mass is 79.9. The number of hydrogen-bond acceptors (Lipinski definition) is 3. The molecular weight excluding hydrogens is 332 g/mol. The Morgan fingerprint density at radius 3 is 2.94 bits per heavy atom. The molecule has 0 radical (unpaired) electrons. The first kappa shape index (κ1) is 14.8. The molecule has 2 heterocycles. The zero-order valence-electron chi connectivity index (χ0n) is 10.7. The number of nitrogens with zero attached hydrogens (tertiary/aromatic N) is 1. The van der Waals surface area contributed by atoms with E-state index in [1.165, 1.54) is 24.1 Å². The van der Waals surface area contributed by atoms with Gasteiger partial charge in [-0.3, -0.25) is 4.90 Å². The van der Waals surface area contributed by atoms with Gasteiger partial charge in [-0.25, -0.2) is 0 Å². The van der Waals surface area contributed by atoms with Gasteiger partial charge >= 0.3 is 0 Å². The van der Waals surface area contributed by atoms with E-state index in [9.17, 15) is 0 Å². The minimum atomic E-state index is 0.531. The molecule has 102 valence electrons. The Bertz CT molecular complexity index is 377. The standard InChI is InChI=1S/C13H20BrClN2S/c1-2-9-3-4-17(10(5-9)7-16)8-11-6-12(14)13(15)18-11/h6,9-10H,2-5,7-8,16H2,1H3. The Kier molecular flexibility index (Phi) is 5.51. The Labute approximate surface area is 127 Å². The molecule has 2 rings (SSSR count). The van der Waals surface area contributed by atoms with Crippen LogP contribution in [-0.2, 0) is 6.54 Å². The topological polar surface area (TPSA) is 29.3 Å². The Morgan fingerprint density at radius 2 is 2.39 bits per heavy atom. The van der Waals surface area contributed by atoms with E-state index < -0.39 is 0 Å². The Balaban J connectivity index is 1.99. The molecule has 2 N–H and O–H groups in total. The van der Waals surface area contributed by atoms with Crippen LogP contribution in [0.25, 0.3) is 0 Å². The van der Waals surface area contributed by atoms with Crippen LogP contribution in [0.15, 0.2) is 10.5 Å². The molecule has 2 unspecified atom stereocenters. The number of thiophene rings is 1. The number of likely N-dealkylation sites (tertiary alicyclic amines) is 1. The van der Waals surface area contributed by atoms with E-state index in [2.05, 4.69) is 33.8 Å². The van der Waals surface area contributed by atoms with Gasteiger partial charge in [0.25, 0.3) is 0 Å². The van der Waals surface area contributed by atoms with Crippen LogP contribution in [0.1, 0.15) is 31.1 Å². The SMILES string of the molecule is CCC1CCN(Cc2cc(Br)c(Cl)s2)C(CN)C1. The van der Waals surface area contributed by atoms with Gasteiger partial charge in [0.2, 0.25) is 0 Å². The van der Waals surface area contributed by atoms with Gasteiger partial charge in [-0.1, -0.05) is 24.9 Å². The smallest absolute Gasteiger partial charge is 0.107 e. The minimum Gasteiger partial charge on any atom is -0.329 e. The highest BCUT2D eigenvalue weighted by Crippen LogP contribution is 2.34. The van der Waals surface area contributed by atoms with Crippen molar-refractivity contribution in [1.82, 2.24) is 4.90 Å². The lowest BCUT2D eigenvalue weighted by Crippen LogP contribution is -2.45. The second-order valence-electron chi connectivity index (χ2n) is 4.99. The number of halogens is 2. The van der Waals surface area contributed by atoms with Crippen molar-refractivity contribution >= 4 is 38.9 Å². The molecule has 0 bridgehead atoms. The Morgan fingerprint density at radius 1 is 1.61 bits per heavy atom. The maximum Gasteiger partial charge on any atom is 0.107 e. The lowest BCUT2D eigenvalue weighted by Gasteiger charge is -2.38. The van der Waals surface area contributed by atoms with E-state index in [-0.39, 0.29) is 0 Å². The maximum absolute atomic E-state index is 6.09. The predicted octanol–water partition coefficient (Wildman–Crippen LogP) is 4.11. The van der Waals surface area contributed by atoms with Crippen LogP contribution in [0.2, 0.25) is 4.34 Å². The fourth-order valence-corrected chi connectivity index (χ4v) is 4.49. The summed E-state index contributed by atoms with van der Waals surface area (Å²) in [6, 6.07) is 2.66. The van der Waals surface area contributed by atoms with Gasteiger partial charge in [0, 0.05) is 28.5 Å². The van der Waals surface area contributed by atoms with Gasteiger partial charge in [0.15, 0.2) is 0 Å². The summed E-state index contributed by atoms with van der Waals surface area (Å²) in [5, 5.41) is 0. The number of piperidine rings is 1. The summed E-state index contributed by atoms with van der Waals surface area (Å²) in [6.07, 6.45) is 3.82. The average molecular weight is 352 g/mol. The van der Waals surface area contributed by atoms with Gasteiger partial charge in [-0.05, 0) is 47.3 Å². The summed E-state index contributed by atoms with van der Waals surface area (Å²) in [6.45, 7) is 5.18. The first-order valence-electron chi connectivity index (χ1n) is 6.51. The summed E-state index contributed by atoms with van der Waals surface area (Å²) in [5.74, 6) is 0.855. The molecule has 0 aliphatic carbocycles. The van der Waals surface area contributed by atoms with Crippen molar-refractivity contribution in [2.75, 3.05) is 13.1 Å². The summed E-state index contributed by atoms with van der Waals surface area (Å²) in [5.41, 5.74) is 5.93. The lowest BCUT2D eigenvalue weighted by molar-refractivity contribution is 0.108. The molecule has 0 amide bonds. The van der Waals surface area contributed by atoms with E-state index in [0.717, 1.165) is 34.4 Å². The molecule has 1 aliphatic heterocycles. The first-order valence-corrected chi connectivity index (χ1v) is 8.50. The molecule has 0 aromatic carbocycles. The van der Waals surface area contributed by atoms with Crippen molar-refractivity contribution in [3.05, 3.63) is 19.8 Å².